The molecule has 0 amide bonds. The molecule has 0 spiro atoms. The van der Waals surface area contributed by atoms with Gasteiger partial charge in [0.25, 0.3) is 0 Å². The zero-order valence-corrected chi connectivity index (χ0v) is 13.2. The van der Waals surface area contributed by atoms with Gasteiger partial charge in [-0.05, 0) is 34.9 Å². The average Bonchev–Trinajstić information content (AvgIpc) is 2.90. The second-order valence-electron chi connectivity index (χ2n) is 5.67. The Labute approximate surface area is 140 Å². The number of rotatable bonds is 5. The standard InChI is InChI=1S/C21H17NO2/c1-2-5-16(6-3-1)14-23-10-4-7-17-11-18-8-9-22-13-19-15-24-20(12-17)21(18)19/h1-9,11-13,15H,10,14H2. The second-order valence-corrected chi connectivity index (χ2v) is 5.67. The average molecular weight is 315 g/mol. The predicted octanol–water partition coefficient (Wildman–Crippen LogP) is 5.07. The van der Waals surface area contributed by atoms with Crippen molar-refractivity contribution >= 4 is 29.3 Å². The van der Waals surface area contributed by atoms with E-state index in [0.29, 0.717) is 13.2 Å². The van der Waals surface area contributed by atoms with Crippen molar-refractivity contribution in [2.24, 2.45) is 4.99 Å². The highest BCUT2D eigenvalue weighted by molar-refractivity contribution is 6.04. The first-order chi connectivity index (χ1) is 11.9. The van der Waals surface area contributed by atoms with Crippen LogP contribution in [0.2, 0.25) is 0 Å². The van der Waals surface area contributed by atoms with Gasteiger partial charge in [0, 0.05) is 23.4 Å². The van der Waals surface area contributed by atoms with E-state index < -0.39 is 0 Å². The quantitative estimate of drug-likeness (QED) is 0.616. The summed E-state index contributed by atoms with van der Waals surface area (Å²) in [5, 5.41) is 1.12. The van der Waals surface area contributed by atoms with E-state index in [4.69, 9.17) is 9.15 Å². The third-order valence-corrected chi connectivity index (χ3v) is 3.95. The molecule has 1 aliphatic heterocycles. The van der Waals surface area contributed by atoms with Gasteiger partial charge in [-0.2, -0.15) is 0 Å². The number of hydrogen-bond acceptors (Lipinski definition) is 3. The zero-order valence-electron chi connectivity index (χ0n) is 13.2. The van der Waals surface area contributed by atoms with Crippen LogP contribution in [0.1, 0.15) is 22.3 Å². The highest BCUT2D eigenvalue weighted by Crippen LogP contribution is 2.28. The van der Waals surface area contributed by atoms with Gasteiger partial charge in [-0.15, -0.1) is 0 Å². The predicted molar refractivity (Wildman–Crippen MR) is 98.0 cm³/mol. The van der Waals surface area contributed by atoms with Crippen molar-refractivity contribution in [2.75, 3.05) is 6.61 Å². The molecular formula is C21H17NO2. The van der Waals surface area contributed by atoms with Crippen molar-refractivity contribution in [2.45, 2.75) is 6.61 Å². The van der Waals surface area contributed by atoms with Crippen molar-refractivity contribution in [1.82, 2.24) is 0 Å². The van der Waals surface area contributed by atoms with E-state index in [0.717, 1.165) is 27.7 Å². The van der Waals surface area contributed by atoms with Crippen molar-refractivity contribution in [3.63, 3.8) is 0 Å². The van der Waals surface area contributed by atoms with Gasteiger partial charge in [0.15, 0.2) is 0 Å². The Morgan fingerprint density at radius 3 is 2.92 bits per heavy atom. The summed E-state index contributed by atoms with van der Waals surface area (Å²) in [5.74, 6) is 0. The van der Waals surface area contributed by atoms with Gasteiger partial charge in [-0.1, -0.05) is 42.5 Å². The number of benzene rings is 2. The molecule has 1 aromatic heterocycles. The molecule has 1 aliphatic rings. The van der Waals surface area contributed by atoms with Crippen molar-refractivity contribution in [1.29, 1.82) is 0 Å². The third kappa shape index (κ3) is 3.07. The Hall–Kier alpha value is -2.91. The molecule has 0 saturated carbocycles. The minimum Gasteiger partial charge on any atom is -0.464 e. The molecule has 0 fully saturated rings. The van der Waals surface area contributed by atoms with Gasteiger partial charge in [0.05, 0.1) is 13.2 Å². The lowest BCUT2D eigenvalue weighted by Crippen LogP contribution is -1.92. The Bertz CT molecular complexity index is 933. The molecular weight excluding hydrogens is 298 g/mol. The number of nitrogens with zero attached hydrogens (tertiary/aromatic N) is 1. The van der Waals surface area contributed by atoms with E-state index >= 15 is 0 Å². The van der Waals surface area contributed by atoms with Crippen LogP contribution in [-0.2, 0) is 11.3 Å². The summed E-state index contributed by atoms with van der Waals surface area (Å²) in [6.45, 7) is 1.20. The lowest BCUT2D eigenvalue weighted by molar-refractivity contribution is 0.149. The van der Waals surface area contributed by atoms with Crippen LogP contribution in [0.5, 0.6) is 0 Å². The van der Waals surface area contributed by atoms with Crippen LogP contribution >= 0.6 is 0 Å². The Morgan fingerprint density at radius 1 is 1.08 bits per heavy atom. The molecule has 3 heteroatoms. The Balaban J connectivity index is 1.45. The molecule has 3 nitrogen and oxygen atoms in total. The summed E-state index contributed by atoms with van der Waals surface area (Å²) in [6, 6.07) is 14.4. The highest BCUT2D eigenvalue weighted by atomic mass is 16.5. The zero-order chi connectivity index (χ0) is 16.2. The number of aliphatic imine (C=N–C) groups is 1. The molecule has 0 atom stereocenters. The van der Waals surface area contributed by atoms with E-state index in [1.165, 1.54) is 5.56 Å². The summed E-state index contributed by atoms with van der Waals surface area (Å²) in [6.07, 6.45) is 11.5. The van der Waals surface area contributed by atoms with Crippen LogP contribution in [0.4, 0.5) is 0 Å². The fourth-order valence-electron chi connectivity index (χ4n) is 2.82. The van der Waals surface area contributed by atoms with Gasteiger partial charge in [-0.3, -0.25) is 4.99 Å². The van der Waals surface area contributed by atoms with Crippen molar-refractivity contribution < 1.29 is 9.15 Å². The maximum atomic E-state index is 5.68. The lowest BCUT2D eigenvalue weighted by Gasteiger charge is -2.02. The van der Waals surface area contributed by atoms with Gasteiger partial charge >= 0.3 is 0 Å². The lowest BCUT2D eigenvalue weighted by atomic mass is 10.0. The van der Waals surface area contributed by atoms with Gasteiger partial charge in [-0.25, -0.2) is 0 Å². The normalized spacial score (nSPS) is 13.0. The summed E-state index contributed by atoms with van der Waals surface area (Å²) < 4.78 is 11.3. The van der Waals surface area contributed by atoms with E-state index in [2.05, 4.69) is 29.3 Å². The first-order valence-corrected chi connectivity index (χ1v) is 7.93. The van der Waals surface area contributed by atoms with Crippen LogP contribution < -0.4 is 0 Å². The summed E-state index contributed by atoms with van der Waals surface area (Å²) in [7, 11) is 0. The molecule has 24 heavy (non-hydrogen) atoms. The van der Waals surface area contributed by atoms with Crippen LogP contribution in [0, 0.1) is 0 Å². The molecule has 0 radical (unpaired) electrons. The molecule has 2 aromatic carbocycles. The maximum absolute atomic E-state index is 5.68. The summed E-state index contributed by atoms with van der Waals surface area (Å²) >= 11 is 0. The van der Waals surface area contributed by atoms with Crippen LogP contribution in [0.3, 0.4) is 0 Å². The Kier molecular flexibility index (Phi) is 4.09. The SMILES string of the molecule is C(=Cc1cc2c3c(coc3c1)C=NC=C2)COCc1ccccc1. The molecule has 0 unspecified atom stereocenters. The fraction of sp³-hybridized carbons (Fsp3) is 0.0952. The Morgan fingerprint density at radius 2 is 2.00 bits per heavy atom. The van der Waals surface area contributed by atoms with Crippen LogP contribution in [0.15, 0.2) is 70.4 Å². The van der Waals surface area contributed by atoms with Gasteiger partial charge < -0.3 is 9.15 Å². The van der Waals surface area contributed by atoms with E-state index in [-0.39, 0.29) is 0 Å². The van der Waals surface area contributed by atoms with Crippen molar-refractivity contribution in [3.8, 4) is 0 Å². The van der Waals surface area contributed by atoms with E-state index in [1.54, 1.807) is 6.26 Å². The number of furan rings is 1. The largest absolute Gasteiger partial charge is 0.464 e. The first kappa shape index (κ1) is 14.7. The number of ether oxygens (including phenoxy) is 1. The topological polar surface area (TPSA) is 34.7 Å². The molecule has 0 aliphatic carbocycles. The van der Waals surface area contributed by atoms with E-state index in [1.807, 2.05) is 48.8 Å². The fourth-order valence-corrected chi connectivity index (χ4v) is 2.82. The molecule has 2 heterocycles. The molecule has 0 bridgehead atoms. The van der Waals surface area contributed by atoms with Crippen molar-refractivity contribution in [3.05, 3.63) is 83.3 Å². The molecule has 4 rings (SSSR count). The van der Waals surface area contributed by atoms with E-state index in [9.17, 15) is 0 Å². The summed E-state index contributed by atoms with van der Waals surface area (Å²) in [5.41, 5.74) is 5.30. The molecule has 3 aromatic rings. The minimum atomic E-state index is 0.574. The van der Waals surface area contributed by atoms with Gasteiger partial charge in [0.1, 0.15) is 11.8 Å². The monoisotopic (exact) mass is 315 g/mol. The highest BCUT2D eigenvalue weighted by Gasteiger charge is 2.10. The third-order valence-electron chi connectivity index (χ3n) is 3.95. The molecule has 0 saturated heterocycles. The van der Waals surface area contributed by atoms with Gasteiger partial charge in [0.2, 0.25) is 0 Å². The first-order valence-electron chi connectivity index (χ1n) is 7.93. The maximum Gasteiger partial charge on any atom is 0.135 e. The second kappa shape index (κ2) is 6.69. The molecule has 0 N–H and O–H groups in total. The minimum absolute atomic E-state index is 0.574. The molecule has 118 valence electrons. The van der Waals surface area contributed by atoms with Crippen LogP contribution in [-0.4, -0.2) is 12.8 Å². The smallest absolute Gasteiger partial charge is 0.135 e. The van der Waals surface area contributed by atoms with Crippen LogP contribution in [0.25, 0.3) is 23.1 Å². The number of hydrogen-bond donors (Lipinski definition) is 0. The summed E-state index contributed by atoms with van der Waals surface area (Å²) in [4.78, 5) is 4.22.